The van der Waals surface area contributed by atoms with Gasteiger partial charge in [-0.05, 0) is 32.2 Å². The van der Waals surface area contributed by atoms with Gasteiger partial charge in [0.2, 0.25) is 5.91 Å². The lowest BCUT2D eigenvalue weighted by Gasteiger charge is -2.30. The van der Waals surface area contributed by atoms with E-state index in [0.29, 0.717) is 32.5 Å². The molecule has 106 valence electrons. The number of nitrogens with two attached hydrogens (primary N) is 1. The fraction of sp³-hybridized carbons (Fsp3) is 0.917. The van der Waals surface area contributed by atoms with Gasteiger partial charge >= 0.3 is 0 Å². The van der Waals surface area contributed by atoms with Crippen molar-refractivity contribution in [1.29, 1.82) is 0 Å². The van der Waals surface area contributed by atoms with Crippen molar-refractivity contribution >= 4 is 15.7 Å². The molecular formula is C12H24N2O3S. The third-order valence-electron chi connectivity index (χ3n) is 3.48. The van der Waals surface area contributed by atoms with Crippen molar-refractivity contribution in [1.82, 2.24) is 4.90 Å². The Morgan fingerprint density at radius 1 is 1.44 bits per heavy atom. The Hall–Kier alpha value is -0.620. The van der Waals surface area contributed by atoms with Crippen molar-refractivity contribution in [3.05, 3.63) is 0 Å². The molecule has 0 spiro atoms. The lowest BCUT2D eigenvalue weighted by atomic mass is 10.1. The minimum absolute atomic E-state index is 0.146. The highest BCUT2D eigenvalue weighted by atomic mass is 32.2. The first-order chi connectivity index (χ1) is 8.42. The van der Waals surface area contributed by atoms with Gasteiger partial charge in [-0.15, -0.1) is 0 Å². The number of amides is 1. The van der Waals surface area contributed by atoms with E-state index in [0.717, 1.165) is 6.42 Å². The number of sulfone groups is 1. The average molecular weight is 276 g/mol. The zero-order valence-electron chi connectivity index (χ0n) is 11.3. The molecule has 5 nitrogen and oxygen atoms in total. The lowest BCUT2D eigenvalue weighted by molar-refractivity contribution is -0.131. The predicted molar refractivity (Wildman–Crippen MR) is 71.9 cm³/mol. The molecule has 1 aliphatic heterocycles. The Morgan fingerprint density at radius 2 is 2.11 bits per heavy atom. The zero-order chi connectivity index (χ0) is 13.8. The molecule has 18 heavy (non-hydrogen) atoms. The second-order valence-corrected chi connectivity index (χ2v) is 7.37. The maximum atomic E-state index is 12.3. The minimum Gasteiger partial charge on any atom is -0.342 e. The molecule has 1 rings (SSSR count). The second kappa shape index (κ2) is 6.52. The van der Waals surface area contributed by atoms with Crippen LogP contribution in [0.3, 0.4) is 0 Å². The van der Waals surface area contributed by atoms with E-state index in [1.807, 2.05) is 13.8 Å². The van der Waals surface area contributed by atoms with Crippen LogP contribution in [0.25, 0.3) is 0 Å². The predicted octanol–water partition coefficient (Wildman–Crippen LogP) is 0.397. The first kappa shape index (κ1) is 15.4. The van der Waals surface area contributed by atoms with Gasteiger partial charge in [0, 0.05) is 13.1 Å². The van der Waals surface area contributed by atoms with Crippen LogP contribution in [-0.4, -0.2) is 49.9 Å². The summed E-state index contributed by atoms with van der Waals surface area (Å²) in [5.74, 6) is 0.102. The highest BCUT2D eigenvalue weighted by Gasteiger charge is 2.37. The number of nitrogens with zero attached hydrogens (tertiary/aromatic N) is 1. The molecule has 1 heterocycles. The fourth-order valence-corrected chi connectivity index (χ4v) is 4.13. The third-order valence-corrected chi connectivity index (χ3v) is 5.64. The SMILES string of the molecule is CCN(CC(C)CN)C(=O)C1CCCCS1(=O)=O. The molecule has 0 aromatic carbocycles. The fourth-order valence-electron chi connectivity index (χ4n) is 2.26. The van der Waals surface area contributed by atoms with Crippen molar-refractivity contribution in [2.24, 2.45) is 11.7 Å². The average Bonchev–Trinajstić information content (AvgIpc) is 2.34. The van der Waals surface area contributed by atoms with E-state index in [1.165, 1.54) is 0 Å². The number of hydrogen-bond donors (Lipinski definition) is 1. The van der Waals surface area contributed by atoms with Gasteiger partial charge in [-0.3, -0.25) is 4.79 Å². The van der Waals surface area contributed by atoms with Crippen LogP contribution in [0, 0.1) is 5.92 Å². The molecule has 2 unspecified atom stereocenters. The highest BCUT2D eigenvalue weighted by Crippen LogP contribution is 2.21. The number of hydrogen-bond acceptors (Lipinski definition) is 4. The first-order valence-electron chi connectivity index (χ1n) is 6.62. The van der Waals surface area contributed by atoms with Crippen molar-refractivity contribution in [3.63, 3.8) is 0 Å². The maximum absolute atomic E-state index is 12.3. The van der Waals surface area contributed by atoms with Gasteiger partial charge in [0.1, 0.15) is 5.25 Å². The molecule has 1 aliphatic rings. The monoisotopic (exact) mass is 276 g/mol. The Balaban J connectivity index is 2.77. The van der Waals surface area contributed by atoms with Crippen LogP contribution in [0.1, 0.15) is 33.1 Å². The molecule has 1 saturated heterocycles. The van der Waals surface area contributed by atoms with Gasteiger partial charge in [0.05, 0.1) is 5.75 Å². The molecule has 0 aromatic heterocycles. The molecule has 0 saturated carbocycles. The van der Waals surface area contributed by atoms with E-state index in [1.54, 1.807) is 4.90 Å². The van der Waals surface area contributed by atoms with Crippen LogP contribution >= 0.6 is 0 Å². The topological polar surface area (TPSA) is 80.5 Å². The minimum atomic E-state index is -3.24. The van der Waals surface area contributed by atoms with Gasteiger partial charge in [-0.2, -0.15) is 0 Å². The van der Waals surface area contributed by atoms with Gasteiger partial charge < -0.3 is 10.6 Å². The normalized spacial score (nSPS) is 24.5. The van der Waals surface area contributed by atoms with Crippen molar-refractivity contribution in [2.45, 2.75) is 38.4 Å². The van der Waals surface area contributed by atoms with Crippen LogP contribution in [-0.2, 0) is 14.6 Å². The molecule has 2 atom stereocenters. The van der Waals surface area contributed by atoms with Gasteiger partial charge in [0.15, 0.2) is 9.84 Å². The quantitative estimate of drug-likeness (QED) is 0.788. The van der Waals surface area contributed by atoms with Crippen LogP contribution < -0.4 is 5.73 Å². The molecule has 0 aliphatic carbocycles. The highest BCUT2D eigenvalue weighted by molar-refractivity contribution is 7.92. The summed E-state index contributed by atoms with van der Waals surface area (Å²) in [6.45, 7) is 5.41. The first-order valence-corrected chi connectivity index (χ1v) is 8.34. The maximum Gasteiger partial charge on any atom is 0.240 e. The van der Waals surface area contributed by atoms with E-state index in [2.05, 4.69) is 0 Å². The van der Waals surface area contributed by atoms with E-state index in [9.17, 15) is 13.2 Å². The Bertz CT molecular complexity index is 381. The van der Waals surface area contributed by atoms with E-state index in [4.69, 9.17) is 5.73 Å². The molecule has 0 radical (unpaired) electrons. The van der Waals surface area contributed by atoms with E-state index < -0.39 is 15.1 Å². The molecule has 0 bridgehead atoms. The van der Waals surface area contributed by atoms with Crippen LogP contribution in [0.4, 0.5) is 0 Å². The zero-order valence-corrected chi connectivity index (χ0v) is 12.1. The standard InChI is InChI=1S/C12H24N2O3S/c1-3-14(9-10(2)8-13)12(15)11-6-4-5-7-18(11,16)17/h10-11H,3-9,13H2,1-2H3. The van der Waals surface area contributed by atoms with Gasteiger partial charge in [-0.1, -0.05) is 13.3 Å². The number of carbonyl (C=O) groups is 1. The van der Waals surface area contributed by atoms with Crippen LogP contribution in [0.2, 0.25) is 0 Å². The number of carbonyl (C=O) groups excluding carboxylic acids is 1. The summed E-state index contributed by atoms with van der Waals surface area (Å²) in [5, 5.41) is -0.823. The van der Waals surface area contributed by atoms with Crippen LogP contribution in [0.5, 0.6) is 0 Å². The Kier molecular flexibility index (Phi) is 5.59. The molecule has 1 amide bonds. The largest absolute Gasteiger partial charge is 0.342 e. The second-order valence-electron chi connectivity index (χ2n) is 5.07. The van der Waals surface area contributed by atoms with E-state index in [-0.39, 0.29) is 17.6 Å². The van der Waals surface area contributed by atoms with Crippen molar-refractivity contribution in [2.75, 3.05) is 25.4 Å². The van der Waals surface area contributed by atoms with Crippen LogP contribution in [0.15, 0.2) is 0 Å². The lowest BCUT2D eigenvalue weighted by Crippen LogP contribution is -2.47. The summed E-state index contributed by atoms with van der Waals surface area (Å²) < 4.78 is 23.9. The molecule has 6 heteroatoms. The van der Waals surface area contributed by atoms with Gasteiger partial charge in [0.25, 0.3) is 0 Å². The summed E-state index contributed by atoms with van der Waals surface area (Å²) in [6.07, 6.45) is 1.96. The summed E-state index contributed by atoms with van der Waals surface area (Å²) in [7, 11) is -3.24. The number of rotatable bonds is 5. The Labute approximate surface area is 110 Å². The summed E-state index contributed by atoms with van der Waals surface area (Å²) >= 11 is 0. The van der Waals surface area contributed by atoms with Gasteiger partial charge in [-0.25, -0.2) is 8.42 Å². The summed E-state index contributed by atoms with van der Waals surface area (Å²) in [4.78, 5) is 13.9. The van der Waals surface area contributed by atoms with Crippen molar-refractivity contribution < 1.29 is 13.2 Å². The molecule has 0 aromatic rings. The summed E-state index contributed by atoms with van der Waals surface area (Å²) in [5.41, 5.74) is 5.55. The van der Waals surface area contributed by atoms with Crippen molar-refractivity contribution in [3.8, 4) is 0 Å². The summed E-state index contributed by atoms with van der Waals surface area (Å²) in [6, 6.07) is 0. The molecular weight excluding hydrogens is 252 g/mol. The Morgan fingerprint density at radius 3 is 2.61 bits per heavy atom. The third kappa shape index (κ3) is 3.68. The molecule has 1 fully saturated rings. The molecule has 2 N–H and O–H groups in total. The smallest absolute Gasteiger partial charge is 0.240 e. The van der Waals surface area contributed by atoms with E-state index >= 15 is 0 Å².